The maximum absolute atomic E-state index is 11.6. The van der Waals surface area contributed by atoms with Gasteiger partial charge in [-0.3, -0.25) is 4.79 Å². The fourth-order valence-corrected chi connectivity index (χ4v) is 1.56. The Bertz CT molecular complexity index is 509. The number of nitrogens with one attached hydrogen (secondary N) is 1. The molecule has 0 aliphatic carbocycles. The molecule has 0 aliphatic heterocycles. The Hall–Kier alpha value is -2.30. The lowest BCUT2D eigenvalue weighted by atomic mass is 10.0. The third kappa shape index (κ3) is 6.61. The smallest absolute Gasteiger partial charge is 0.330 e. The van der Waals surface area contributed by atoms with Crippen LogP contribution in [0.25, 0.3) is 0 Å². The number of methoxy groups -OCH3 is 1. The lowest BCUT2D eigenvalue weighted by molar-refractivity contribution is -0.134. The predicted octanol–water partition coefficient (Wildman–Crippen LogP) is 2.03. The average Bonchev–Trinajstić information content (AvgIpc) is 2.49. The van der Waals surface area contributed by atoms with Crippen LogP contribution < -0.4 is 10.1 Å². The van der Waals surface area contributed by atoms with E-state index >= 15 is 0 Å². The van der Waals surface area contributed by atoms with E-state index in [2.05, 4.69) is 23.9 Å². The molecule has 0 aromatic heterocycles. The number of carbonyl (C=O) groups is 2. The third-order valence-corrected chi connectivity index (χ3v) is 2.77. The Morgan fingerprint density at radius 3 is 2.76 bits per heavy atom. The van der Waals surface area contributed by atoms with Gasteiger partial charge in [0.1, 0.15) is 5.75 Å². The first kappa shape index (κ1) is 16.8. The molecule has 0 spiro atoms. The molecule has 0 atom stereocenters. The summed E-state index contributed by atoms with van der Waals surface area (Å²) in [5, 5.41) is 2.61. The highest BCUT2D eigenvalue weighted by molar-refractivity contribution is 5.82. The summed E-state index contributed by atoms with van der Waals surface area (Å²) in [4.78, 5) is 22.4. The van der Waals surface area contributed by atoms with E-state index in [1.165, 1.54) is 19.3 Å². The van der Waals surface area contributed by atoms with Gasteiger partial charge in [0.15, 0.2) is 6.61 Å². The topological polar surface area (TPSA) is 64.6 Å². The summed E-state index contributed by atoms with van der Waals surface area (Å²) in [7, 11) is 1.30. The van der Waals surface area contributed by atoms with E-state index in [9.17, 15) is 9.59 Å². The molecule has 5 nitrogen and oxygen atoms in total. The number of rotatable bonds is 7. The number of hydrogen-bond donors (Lipinski definition) is 1. The Labute approximate surface area is 124 Å². The van der Waals surface area contributed by atoms with Crippen LogP contribution in [0, 0.1) is 0 Å². The van der Waals surface area contributed by atoms with Gasteiger partial charge in [-0.1, -0.05) is 32.1 Å². The Morgan fingerprint density at radius 2 is 2.10 bits per heavy atom. The summed E-state index contributed by atoms with van der Waals surface area (Å²) in [6, 6.07) is 7.67. The first-order chi connectivity index (χ1) is 10.0. The van der Waals surface area contributed by atoms with E-state index in [1.807, 2.05) is 24.3 Å². The highest BCUT2D eigenvalue weighted by Gasteiger charge is 2.04. The molecule has 0 aliphatic rings. The monoisotopic (exact) mass is 291 g/mol. The molecule has 1 N–H and O–H groups in total. The van der Waals surface area contributed by atoms with Crippen molar-refractivity contribution in [2.45, 2.75) is 19.8 Å². The Kier molecular flexibility index (Phi) is 7.01. The zero-order chi connectivity index (χ0) is 15.7. The van der Waals surface area contributed by atoms with Crippen molar-refractivity contribution >= 4 is 11.9 Å². The average molecular weight is 291 g/mol. The van der Waals surface area contributed by atoms with Gasteiger partial charge in [0, 0.05) is 12.6 Å². The van der Waals surface area contributed by atoms with Crippen molar-refractivity contribution in [1.82, 2.24) is 5.32 Å². The van der Waals surface area contributed by atoms with Crippen LogP contribution in [0.4, 0.5) is 0 Å². The summed E-state index contributed by atoms with van der Waals surface area (Å²) >= 11 is 0. The van der Waals surface area contributed by atoms with Gasteiger partial charge in [0.05, 0.1) is 7.11 Å². The maximum Gasteiger partial charge on any atom is 0.330 e. The van der Waals surface area contributed by atoms with Crippen LogP contribution in [-0.4, -0.2) is 32.1 Å². The largest absolute Gasteiger partial charge is 0.484 e. The molecule has 0 saturated carbocycles. The van der Waals surface area contributed by atoms with E-state index in [1.54, 1.807) is 0 Å². The highest BCUT2D eigenvalue weighted by atomic mass is 16.5. The molecule has 1 rings (SSSR count). The molecule has 0 fully saturated rings. The summed E-state index contributed by atoms with van der Waals surface area (Å²) < 4.78 is 9.86. The van der Waals surface area contributed by atoms with Crippen molar-refractivity contribution in [3.05, 3.63) is 42.0 Å². The van der Waals surface area contributed by atoms with E-state index in [-0.39, 0.29) is 19.1 Å². The minimum Gasteiger partial charge on any atom is -0.484 e. The minimum atomic E-state index is -0.453. The van der Waals surface area contributed by atoms with Crippen molar-refractivity contribution in [1.29, 1.82) is 0 Å². The molecule has 0 radical (unpaired) electrons. The molecule has 0 unspecified atom stereocenters. The molecule has 21 heavy (non-hydrogen) atoms. The van der Waals surface area contributed by atoms with Crippen LogP contribution in [-0.2, 0) is 14.3 Å². The molecule has 1 aromatic carbocycles. The molecule has 114 valence electrons. The van der Waals surface area contributed by atoms with Crippen LogP contribution in [0.3, 0.4) is 0 Å². The van der Waals surface area contributed by atoms with E-state index in [4.69, 9.17) is 4.74 Å². The fraction of sp³-hybridized carbons (Fsp3) is 0.375. The van der Waals surface area contributed by atoms with Gasteiger partial charge in [-0.05, 0) is 23.6 Å². The van der Waals surface area contributed by atoms with Gasteiger partial charge in [-0.2, -0.15) is 0 Å². The van der Waals surface area contributed by atoms with Crippen molar-refractivity contribution < 1.29 is 19.1 Å². The maximum atomic E-state index is 11.6. The van der Waals surface area contributed by atoms with Gasteiger partial charge in [0.2, 0.25) is 0 Å². The molecule has 0 saturated heterocycles. The number of carbonyl (C=O) groups excluding carboxylic acids is 2. The van der Waals surface area contributed by atoms with Crippen molar-refractivity contribution in [3.63, 3.8) is 0 Å². The zero-order valence-electron chi connectivity index (χ0n) is 12.6. The van der Waals surface area contributed by atoms with Crippen LogP contribution >= 0.6 is 0 Å². The van der Waals surface area contributed by atoms with Gasteiger partial charge < -0.3 is 14.8 Å². The SMILES string of the molecule is COC(=O)/C=C/CNC(=O)COc1cccc(C(C)C)c1. The summed E-state index contributed by atoms with van der Waals surface area (Å²) in [5.74, 6) is 0.373. The Morgan fingerprint density at radius 1 is 1.33 bits per heavy atom. The van der Waals surface area contributed by atoms with Crippen LogP contribution in [0.15, 0.2) is 36.4 Å². The molecular weight excluding hydrogens is 270 g/mol. The van der Waals surface area contributed by atoms with Gasteiger partial charge in [-0.25, -0.2) is 4.79 Å². The molecule has 1 amide bonds. The lowest BCUT2D eigenvalue weighted by Gasteiger charge is -2.09. The standard InChI is InChI=1S/C16H21NO4/c1-12(2)13-6-4-7-14(10-13)21-11-15(18)17-9-5-8-16(19)20-3/h4-8,10,12H,9,11H2,1-3H3,(H,17,18)/b8-5+. The normalized spacial score (nSPS) is 10.7. The second-order valence-electron chi connectivity index (χ2n) is 4.75. The van der Waals surface area contributed by atoms with E-state index in [0.717, 1.165) is 5.56 Å². The summed E-state index contributed by atoms with van der Waals surface area (Å²) in [5.41, 5.74) is 1.16. The van der Waals surface area contributed by atoms with Crippen molar-refractivity contribution in [2.75, 3.05) is 20.3 Å². The molecule has 0 heterocycles. The summed E-state index contributed by atoms with van der Waals surface area (Å²) in [6.07, 6.45) is 2.77. The third-order valence-electron chi connectivity index (χ3n) is 2.77. The molecule has 5 heteroatoms. The first-order valence-corrected chi connectivity index (χ1v) is 6.77. The van der Waals surface area contributed by atoms with Crippen molar-refractivity contribution in [2.24, 2.45) is 0 Å². The van der Waals surface area contributed by atoms with Gasteiger partial charge >= 0.3 is 5.97 Å². The molecule has 0 bridgehead atoms. The Balaban J connectivity index is 2.34. The summed E-state index contributed by atoms with van der Waals surface area (Å²) in [6.45, 7) is 4.38. The molecular formula is C16H21NO4. The number of amides is 1. The first-order valence-electron chi connectivity index (χ1n) is 6.77. The number of ether oxygens (including phenoxy) is 2. The number of esters is 1. The molecule has 1 aromatic rings. The predicted molar refractivity (Wildman–Crippen MR) is 80.2 cm³/mol. The fourth-order valence-electron chi connectivity index (χ4n) is 1.56. The van der Waals surface area contributed by atoms with Gasteiger partial charge in [-0.15, -0.1) is 0 Å². The van der Waals surface area contributed by atoms with Gasteiger partial charge in [0.25, 0.3) is 5.91 Å². The van der Waals surface area contributed by atoms with Crippen LogP contribution in [0.5, 0.6) is 5.75 Å². The number of hydrogen-bond acceptors (Lipinski definition) is 4. The minimum absolute atomic E-state index is 0.0619. The lowest BCUT2D eigenvalue weighted by Crippen LogP contribution is -2.29. The highest BCUT2D eigenvalue weighted by Crippen LogP contribution is 2.19. The van der Waals surface area contributed by atoms with E-state index in [0.29, 0.717) is 11.7 Å². The second kappa shape index (κ2) is 8.79. The quantitative estimate of drug-likeness (QED) is 0.617. The zero-order valence-corrected chi connectivity index (χ0v) is 12.6. The number of benzene rings is 1. The van der Waals surface area contributed by atoms with Crippen molar-refractivity contribution in [3.8, 4) is 5.75 Å². The van der Waals surface area contributed by atoms with Crippen LogP contribution in [0.2, 0.25) is 0 Å². The van der Waals surface area contributed by atoms with Crippen LogP contribution in [0.1, 0.15) is 25.3 Å². The van der Waals surface area contributed by atoms with E-state index < -0.39 is 5.97 Å². The second-order valence-corrected chi connectivity index (χ2v) is 4.75.